The van der Waals surface area contributed by atoms with E-state index >= 15 is 0 Å². The number of carbonyl (C=O) groups excluding carboxylic acids is 1. The summed E-state index contributed by atoms with van der Waals surface area (Å²) in [4.78, 5) is 12.1. The third-order valence-corrected chi connectivity index (χ3v) is 4.08. The number of aryl methyl sites for hydroxylation is 1. The van der Waals surface area contributed by atoms with Crippen LogP contribution >= 0.6 is 15.9 Å². The van der Waals surface area contributed by atoms with Crippen LogP contribution in [0.5, 0.6) is 0 Å². The van der Waals surface area contributed by atoms with Gasteiger partial charge in [0.05, 0.1) is 0 Å². The van der Waals surface area contributed by atoms with Gasteiger partial charge in [0.2, 0.25) is 5.91 Å². The van der Waals surface area contributed by atoms with Crippen LogP contribution in [0.1, 0.15) is 32.8 Å². The van der Waals surface area contributed by atoms with Crippen molar-refractivity contribution in [1.82, 2.24) is 5.32 Å². The second kappa shape index (κ2) is 6.20. The van der Waals surface area contributed by atoms with E-state index in [1.54, 1.807) is 0 Å². The molecule has 0 radical (unpaired) electrons. The third-order valence-electron chi connectivity index (χ3n) is 2.94. The zero-order valence-electron chi connectivity index (χ0n) is 10.7. The van der Waals surface area contributed by atoms with Crippen LogP contribution in [0, 0.1) is 0 Å². The topological polar surface area (TPSA) is 29.1 Å². The summed E-state index contributed by atoms with van der Waals surface area (Å²) >= 11 is 3.51. The Morgan fingerprint density at radius 1 is 1.35 bits per heavy atom. The van der Waals surface area contributed by atoms with Crippen molar-refractivity contribution in [2.75, 3.05) is 0 Å². The van der Waals surface area contributed by atoms with Crippen LogP contribution in [0.3, 0.4) is 0 Å². The largest absolute Gasteiger partial charge is 0.350 e. The Balaban J connectivity index is 2.41. The van der Waals surface area contributed by atoms with Crippen LogP contribution in [0.25, 0.3) is 0 Å². The summed E-state index contributed by atoms with van der Waals surface area (Å²) in [6.07, 6.45) is 1.33. The Labute approximate surface area is 112 Å². The summed E-state index contributed by atoms with van der Waals surface area (Å²) in [6, 6.07) is 10.1. The highest BCUT2D eigenvalue weighted by molar-refractivity contribution is 9.09. The smallest absolute Gasteiger partial charge is 0.220 e. The van der Waals surface area contributed by atoms with Gasteiger partial charge in [-0.2, -0.15) is 0 Å². The van der Waals surface area contributed by atoms with Gasteiger partial charge in [-0.15, -0.1) is 0 Å². The highest BCUT2D eigenvalue weighted by atomic mass is 79.9. The van der Waals surface area contributed by atoms with Crippen molar-refractivity contribution in [3.8, 4) is 0 Å². The SMILES string of the molecule is CC(Br)C(C)(C)NC(=O)CCc1ccccc1. The first-order valence-electron chi connectivity index (χ1n) is 5.91. The van der Waals surface area contributed by atoms with Crippen LogP contribution in [0.2, 0.25) is 0 Å². The normalized spacial score (nSPS) is 13.2. The molecule has 1 N–H and O–H groups in total. The van der Waals surface area contributed by atoms with Gasteiger partial charge in [-0.1, -0.05) is 53.2 Å². The van der Waals surface area contributed by atoms with E-state index in [9.17, 15) is 4.79 Å². The molecule has 0 aromatic heterocycles. The monoisotopic (exact) mass is 297 g/mol. The van der Waals surface area contributed by atoms with Gasteiger partial charge in [0.25, 0.3) is 0 Å². The average molecular weight is 298 g/mol. The summed E-state index contributed by atoms with van der Waals surface area (Å²) in [5, 5.41) is 3.04. The summed E-state index contributed by atoms with van der Waals surface area (Å²) in [7, 11) is 0. The van der Waals surface area contributed by atoms with Gasteiger partial charge in [0.15, 0.2) is 0 Å². The summed E-state index contributed by atoms with van der Waals surface area (Å²) in [5.74, 6) is 0.102. The van der Waals surface area contributed by atoms with Crippen molar-refractivity contribution in [3.63, 3.8) is 0 Å². The van der Waals surface area contributed by atoms with Crippen LogP contribution in [0.15, 0.2) is 30.3 Å². The maximum absolute atomic E-state index is 11.8. The zero-order chi connectivity index (χ0) is 12.9. The van der Waals surface area contributed by atoms with Gasteiger partial charge in [-0.05, 0) is 25.8 Å². The number of hydrogen-bond donors (Lipinski definition) is 1. The van der Waals surface area contributed by atoms with Gasteiger partial charge in [0, 0.05) is 16.8 Å². The Morgan fingerprint density at radius 3 is 2.47 bits per heavy atom. The predicted molar refractivity (Wildman–Crippen MR) is 75.4 cm³/mol. The molecule has 0 heterocycles. The lowest BCUT2D eigenvalue weighted by molar-refractivity contribution is -0.122. The second-order valence-corrected chi connectivity index (χ2v) is 6.24. The van der Waals surface area contributed by atoms with Crippen LogP contribution in [0.4, 0.5) is 0 Å². The van der Waals surface area contributed by atoms with Crippen LogP contribution in [-0.4, -0.2) is 16.3 Å². The van der Waals surface area contributed by atoms with Crippen LogP contribution < -0.4 is 5.32 Å². The van der Waals surface area contributed by atoms with E-state index in [4.69, 9.17) is 0 Å². The second-order valence-electron chi connectivity index (χ2n) is 4.87. The fraction of sp³-hybridized carbons (Fsp3) is 0.500. The molecular weight excluding hydrogens is 278 g/mol. The standard InChI is InChI=1S/C14H20BrNO/c1-11(15)14(2,3)16-13(17)10-9-12-7-5-4-6-8-12/h4-8,11H,9-10H2,1-3H3,(H,16,17). The Bertz CT molecular complexity index is 360. The predicted octanol–water partition coefficient (Wildman–Crippen LogP) is 3.30. The highest BCUT2D eigenvalue weighted by Gasteiger charge is 2.25. The molecule has 3 heteroatoms. The molecule has 94 valence electrons. The number of amides is 1. The molecule has 0 aliphatic carbocycles. The van der Waals surface area contributed by atoms with Gasteiger partial charge in [-0.25, -0.2) is 0 Å². The number of halogens is 1. The number of alkyl halides is 1. The molecule has 0 aliphatic rings. The van der Waals surface area contributed by atoms with Gasteiger partial charge in [-0.3, -0.25) is 4.79 Å². The van der Waals surface area contributed by atoms with Crippen molar-refractivity contribution in [2.45, 2.75) is 44.0 Å². The fourth-order valence-electron chi connectivity index (χ4n) is 1.42. The molecule has 1 atom stereocenters. The molecule has 1 amide bonds. The van der Waals surface area contributed by atoms with E-state index in [0.29, 0.717) is 6.42 Å². The zero-order valence-corrected chi connectivity index (χ0v) is 12.3. The number of hydrogen-bond acceptors (Lipinski definition) is 1. The fourth-order valence-corrected chi connectivity index (χ4v) is 1.54. The highest BCUT2D eigenvalue weighted by Crippen LogP contribution is 2.16. The lowest BCUT2D eigenvalue weighted by Crippen LogP contribution is -2.48. The number of benzene rings is 1. The van der Waals surface area contributed by atoms with E-state index in [0.717, 1.165) is 6.42 Å². The minimum atomic E-state index is -0.215. The maximum Gasteiger partial charge on any atom is 0.220 e. The Morgan fingerprint density at radius 2 is 1.94 bits per heavy atom. The Kier molecular flexibility index (Phi) is 5.19. The first-order chi connectivity index (χ1) is 7.92. The first-order valence-corrected chi connectivity index (χ1v) is 6.82. The van der Waals surface area contributed by atoms with E-state index in [1.807, 2.05) is 51.1 Å². The molecule has 0 fully saturated rings. The van der Waals surface area contributed by atoms with Crippen molar-refractivity contribution in [3.05, 3.63) is 35.9 Å². The maximum atomic E-state index is 11.8. The van der Waals surface area contributed by atoms with Crippen molar-refractivity contribution in [2.24, 2.45) is 0 Å². The molecule has 0 saturated heterocycles. The summed E-state index contributed by atoms with van der Waals surface area (Å²) in [6.45, 7) is 6.08. The molecule has 17 heavy (non-hydrogen) atoms. The molecule has 1 aromatic rings. The van der Waals surface area contributed by atoms with E-state index in [-0.39, 0.29) is 16.3 Å². The molecular formula is C14H20BrNO. The molecule has 0 aliphatic heterocycles. The van der Waals surface area contributed by atoms with E-state index < -0.39 is 0 Å². The average Bonchev–Trinajstić information content (AvgIpc) is 2.27. The van der Waals surface area contributed by atoms with Crippen molar-refractivity contribution >= 4 is 21.8 Å². The number of rotatable bonds is 5. The third kappa shape index (κ3) is 4.90. The molecule has 1 aromatic carbocycles. The molecule has 0 bridgehead atoms. The number of nitrogens with one attached hydrogen (secondary N) is 1. The summed E-state index contributed by atoms with van der Waals surface area (Å²) in [5.41, 5.74) is 0.987. The summed E-state index contributed by atoms with van der Waals surface area (Å²) < 4.78 is 0. The number of carbonyl (C=O) groups is 1. The molecule has 2 nitrogen and oxygen atoms in total. The minimum Gasteiger partial charge on any atom is -0.350 e. The van der Waals surface area contributed by atoms with Gasteiger partial charge >= 0.3 is 0 Å². The van der Waals surface area contributed by atoms with Gasteiger partial charge < -0.3 is 5.32 Å². The molecule has 1 rings (SSSR count). The van der Waals surface area contributed by atoms with Crippen molar-refractivity contribution < 1.29 is 4.79 Å². The first kappa shape index (κ1) is 14.2. The molecule has 1 unspecified atom stereocenters. The van der Waals surface area contributed by atoms with Crippen molar-refractivity contribution in [1.29, 1.82) is 0 Å². The Hall–Kier alpha value is -0.830. The van der Waals surface area contributed by atoms with E-state index in [2.05, 4.69) is 21.2 Å². The van der Waals surface area contributed by atoms with Gasteiger partial charge in [0.1, 0.15) is 0 Å². The van der Waals surface area contributed by atoms with Crippen LogP contribution in [-0.2, 0) is 11.2 Å². The molecule has 0 spiro atoms. The minimum absolute atomic E-state index is 0.102. The lowest BCUT2D eigenvalue weighted by atomic mass is 10.0. The van der Waals surface area contributed by atoms with E-state index in [1.165, 1.54) is 5.56 Å². The lowest BCUT2D eigenvalue weighted by Gasteiger charge is -2.29. The quantitative estimate of drug-likeness (QED) is 0.830. The molecule has 0 saturated carbocycles.